The Balaban J connectivity index is 1.63. The highest BCUT2D eigenvalue weighted by Crippen LogP contribution is 2.24. The number of thioether (sulfide) groups is 1. The standard InChI is InChI=1S/C19H19BrN2O3S/c1-25-16-8-6-15(7-9-16)21-19(24)17-11-26-12-22(17)18(23)10-13-2-4-14(20)5-3-13/h2-9,17H,10-12H2,1H3,(H,21,24). The Morgan fingerprint density at radius 2 is 1.88 bits per heavy atom. The topological polar surface area (TPSA) is 58.6 Å². The number of benzene rings is 2. The van der Waals surface area contributed by atoms with Gasteiger partial charge in [-0.1, -0.05) is 28.1 Å². The Labute approximate surface area is 165 Å². The number of anilines is 1. The van der Waals surface area contributed by atoms with Gasteiger partial charge in [0.25, 0.3) is 0 Å². The van der Waals surface area contributed by atoms with E-state index in [0.717, 1.165) is 15.8 Å². The van der Waals surface area contributed by atoms with Gasteiger partial charge in [-0.2, -0.15) is 0 Å². The van der Waals surface area contributed by atoms with Crippen LogP contribution in [0.15, 0.2) is 53.0 Å². The van der Waals surface area contributed by atoms with E-state index in [1.165, 1.54) is 0 Å². The maximum Gasteiger partial charge on any atom is 0.248 e. The molecular formula is C19H19BrN2O3S. The Bertz CT molecular complexity index is 780. The van der Waals surface area contributed by atoms with Gasteiger partial charge < -0.3 is 15.0 Å². The summed E-state index contributed by atoms with van der Waals surface area (Å²) in [6.45, 7) is 0. The van der Waals surface area contributed by atoms with Crippen molar-refractivity contribution in [3.8, 4) is 5.75 Å². The minimum atomic E-state index is -0.454. The average molecular weight is 435 g/mol. The number of rotatable bonds is 5. The SMILES string of the molecule is COc1ccc(NC(=O)C2CSCN2C(=O)Cc2ccc(Br)cc2)cc1. The van der Waals surface area contributed by atoms with Gasteiger partial charge in [-0.3, -0.25) is 9.59 Å². The second kappa shape index (κ2) is 8.60. The fourth-order valence-electron chi connectivity index (χ4n) is 2.68. The third-order valence-corrected chi connectivity index (χ3v) is 5.67. The maximum absolute atomic E-state index is 12.7. The van der Waals surface area contributed by atoms with Crippen molar-refractivity contribution in [1.82, 2.24) is 4.90 Å². The first-order valence-corrected chi connectivity index (χ1v) is 10.1. The zero-order valence-electron chi connectivity index (χ0n) is 14.3. The summed E-state index contributed by atoms with van der Waals surface area (Å²) in [5, 5.41) is 2.88. The first kappa shape index (κ1) is 18.8. The van der Waals surface area contributed by atoms with Crippen molar-refractivity contribution in [3.63, 3.8) is 0 Å². The quantitative estimate of drug-likeness (QED) is 0.781. The lowest BCUT2D eigenvalue weighted by molar-refractivity contribution is -0.135. The summed E-state index contributed by atoms with van der Waals surface area (Å²) >= 11 is 4.98. The van der Waals surface area contributed by atoms with E-state index in [9.17, 15) is 9.59 Å². The molecule has 7 heteroatoms. The highest BCUT2D eigenvalue weighted by molar-refractivity contribution is 9.10. The molecule has 2 amide bonds. The highest BCUT2D eigenvalue weighted by atomic mass is 79.9. The van der Waals surface area contributed by atoms with E-state index in [1.807, 2.05) is 24.3 Å². The minimum absolute atomic E-state index is 0.0350. The van der Waals surface area contributed by atoms with Crippen molar-refractivity contribution in [2.24, 2.45) is 0 Å². The van der Waals surface area contributed by atoms with Gasteiger partial charge in [0.2, 0.25) is 11.8 Å². The zero-order valence-corrected chi connectivity index (χ0v) is 16.7. The molecule has 1 aliphatic heterocycles. The second-order valence-electron chi connectivity index (χ2n) is 5.90. The molecule has 26 heavy (non-hydrogen) atoms. The molecule has 0 saturated carbocycles. The molecular weight excluding hydrogens is 416 g/mol. The molecule has 5 nitrogen and oxygen atoms in total. The molecule has 0 aliphatic carbocycles. The largest absolute Gasteiger partial charge is 0.497 e. The van der Waals surface area contributed by atoms with Crippen molar-refractivity contribution in [3.05, 3.63) is 58.6 Å². The number of carbonyl (C=O) groups is 2. The van der Waals surface area contributed by atoms with Gasteiger partial charge in [-0.25, -0.2) is 0 Å². The van der Waals surface area contributed by atoms with Crippen LogP contribution in [0.5, 0.6) is 5.75 Å². The Hall–Kier alpha value is -1.99. The average Bonchev–Trinajstić information content (AvgIpc) is 3.14. The summed E-state index contributed by atoms with van der Waals surface area (Å²) < 4.78 is 6.09. The van der Waals surface area contributed by atoms with Crippen molar-refractivity contribution in [2.75, 3.05) is 24.1 Å². The summed E-state index contributed by atoms with van der Waals surface area (Å²) in [6.07, 6.45) is 0.292. The van der Waals surface area contributed by atoms with Crippen LogP contribution < -0.4 is 10.1 Å². The molecule has 2 aromatic carbocycles. The van der Waals surface area contributed by atoms with Gasteiger partial charge in [0, 0.05) is 15.9 Å². The molecule has 0 bridgehead atoms. The number of halogens is 1. The zero-order chi connectivity index (χ0) is 18.5. The van der Waals surface area contributed by atoms with Crippen LogP contribution in [0.1, 0.15) is 5.56 Å². The van der Waals surface area contributed by atoms with Crippen LogP contribution in [0.25, 0.3) is 0 Å². The number of hydrogen-bond acceptors (Lipinski definition) is 4. The maximum atomic E-state index is 12.7. The van der Waals surface area contributed by atoms with Crippen LogP contribution in [0, 0.1) is 0 Å². The Morgan fingerprint density at radius 1 is 1.19 bits per heavy atom. The van der Waals surface area contributed by atoms with Gasteiger partial charge in [0.05, 0.1) is 19.4 Å². The highest BCUT2D eigenvalue weighted by Gasteiger charge is 2.34. The first-order valence-electron chi connectivity index (χ1n) is 8.13. The summed E-state index contributed by atoms with van der Waals surface area (Å²) in [5.74, 6) is 1.67. The number of amides is 2. The third-order valence-electron chi connectivity index (χ3n) is 4.13. The van der Waals surface area contributed by atoms with E-state index in [-0.39, 0.29) is 11.8 Å². The third kappa shape index (κ3) is 4.59. The Kier molecular flexibility index (Phi) is 6.21. The summed E-state index contributed by atoms with van der Waals surface area (Å²) in [4.78, 5) is 26.9. The smallest absolute Gasteiger partial charge is 0.248 e. The van der Waals surface area contributed by atoms with Gasteiger partial charge in [0.1, 0.15) is 11.8 Å². The molecule has 1 aliphatic rings. The molecule has 1 N–H and O–H groups in total. The molecule has 1 fully saturated rings. The summed E-state index contributed by atoms with van der Waals surface area (Å²) in [7, 11) is 1.60. The predicted octanol–water partition coefficient (Wildman–Crippen LogP) is 3.54. The molecule has 3 rings (SSSR count). The molecule has 0 spiro atoms. The minimum Gasteiger partial charge on any atom is -0.497 e. The molecule has 1 unspecified atom stereocenters. The Morgan fingerprint density at radius 3 is 2.54 bits per heavy atom. The second-order valence-corrected chi connectivity index (χ2v) is 7.82. The fourth-order valence-corrected chi connectivity index (χ4v) is 4.13. The van der Waals surface area contributed by atoms with Crippen LogP contribution >= 0.6 is 27.7 Å². The van der Waals surface area contributed by atoms with Crippen LogP contribution in [-0.4, -0.2) is 41.5 Å². The number of hydrogen-bond donors (Lipinski definition) is 1. The van der Waals surface area contributed by atoms with Crippen LogP contribution in [0.3, 0.4) is 0 Å². The lowest BCUT2D eigenvalue weighted by Crippen LogP contribution is -2.45. The molecule has 136 valence electrons. The van der Waals surface area contributed by atoms with Crippen LogP contribution in [0.4, 0.5) is 5.69 Å². The van der Waals surface area contributed by atoms with E-state index >= 15 is 0 Å². The van der Waals surface area contributed by atoms with E-state index in [0.29, 0.717) is 23.7 Å². The van der Waals surface area contributed by atoms with E-state index < -0.39 is 6.04 Å². The van der Waals surface area contributed by atoms with Crippen molar-refractivity contribution in [1.29, 1.82) is 0 Å². The van der Waals surface area contributed by atoms with Crippen molar-refractivity contribution < 1.29 is 14.3 Å². The normalized spacial score (nSPS) is 16.4. The van der Waals surface area contributed by atoms with Crippen LogP contribution in [0.2, 0.25) is 0 Å². The fraction of sp³-hybridized carbons (Fsp3) is 0.263. The molecule has 0 radical (unpaired) electrons. The van der Waals surface area contributed by atoms with Gasteiger partial charge in [-0.05, 0) is 42.0 Å². The number of nitrogens with zero attached hydrogens (tertiary/aromatic N) is 1. The number of carbonyl (C=O) groups excluding carboxylic acids is 2. The number of ether oxygens (including phenoxy) is 1. The van der Waals surface area contributed by atoms with Crippen molar-refractivity contribution in [2.45, 2.75) is 12.5 Å². The van der Waals surface area contributed by atoms with Gasteiger partial charge in [-0.15, -0.1) is 11.8 Å². The monoisotopic (exact) mass is 434 g/mol. The number of nitrogens with one attached hydrogen (secondary N) is 1. The van der Waals surface area contributed by atoms with Crippen molar-refractivity contribution >= 4 is 45.2 Å². The molecule has 1 atom stereocenters. The van der Waals surface area contributed by atoms with Gasteiger partial charge >= 0.3 is 0 Å². The lowest BCUT2D eigenvalue weighted by Gasteiger charge is -2.23. The molecule has 0 aromatic heterocycles. The summed E-state index contributed by atoms with van der Waals surface area (Å²) in [6, 6.07) is 14.3. The lowest BCUT2D eigenvalue weighted by atomic mass is 10.1. The molecule has 1 heterocycles. The molecule has 1 saturated heterocycles. The molecule has 2 aromatic rings. The predicted molar refractivity (Wildman–Crippen MR) is 107 cm³/mol. The first-order chi connectivity index (χ1) is 12.6. The number of methoxy groups -OCH3 is 1. The van der Waals surface area contributed by atoms with Crippen LogP contribution in [-0.2, 0) is 16.0 Å². The summed E-state index contributed by atoms with van der Waals surface area (Å²) in [5.41, 5.74) is 1.62. The van der Waals surface area contributed by atoms with E-state index in [4.69, 9.17) is 4.74 Å². The van der Waals surface area contributed by atoms with Gasteiger partial charge in [0.15, 0.2) is 0 Å². The van der Waals surface area contributed by atoms with E-state index in [1.54, 1.807) is 48.0 Å². The van der Waals surface area contributed by atoms with E-state index in [2.05, 4.69) is 21.2 Å².